The molecule has 2 aromatic carbocycles. The Morgan fingerprint density at radius 3 is 2.92 bits per heavy atom. The Balaban J connectivity index is 1.90. The summed E-state index contributed by atoms with van der Waals surface area (Å²) in [7, 11) is 0. The van der Waals surface area contributed by atoms with Gasteiger partial charge in [0.25, 0.3) is 0 Å². The van der Waals surface area contributed by atoms with Crippen LogP contribution in [-0.2, 0) is 16.0 Å². The van der Waals surface area contributed by atoms with Crippen molar-refractivity contribution in [1.82, 2.24) is 5.32 Å². The molecule has 0 fully saturated rings. The monoisotopic (exact) mass is 329 g/mol. The number of halogens is 1. The summed E-state index contributed by atoms with van der Waals surface area (Å²) < 4.78 is 24.3. The summed E-state index contributed by atoms with van der Waals surface area (Å²) in [4.78, 5) is 11.5. The fraction of sp³-hybridized carbons (Fsp3) is 0.316. The van der Waals surface area contributed by atoms with Crippen LogP contribution in [0.15, 0.2) is 42.5 Å². The highest BCUT2D eigenvalue weighted by Crippen LogP contribution is 2.34. The number of esters is 1. The van der Waals surface area contributed by atoms with E-state index in [0.29, 0.717) is 17.9 Å². The van der Waals surface area contributed by atoms with E-state index in [4.69, 9.17) is 9.47 Å². The predicted molar refractivity (Wildman–Crippen MR) is 88.5 cm³/mol. The molecule has 0 unspecified atom stereocenters. The van der Waals surface area contributed by atoms with Gasteiger partial charge in [-0.1, -0.05) is 24.3 Å². The number of rotatable bonds is 5. The zero-order valence-electron chi connectivity index (χ0n) is 13.5. The van der Waals surface area contributed by atoms with Gasteiger partial charge in [0.1, 0.15) is 11.6 Å². The molecule has 0 saturated heterocycles. The minimum absolute atomic E-state index is 0.164. The van der Waals surface area contributed by atoms with Gasteiger partial charge in [-0.2, -0.15) is 0 Å². The second-order valence-corrected chi connectivity index (χ2v) is 5.61. The summed E-state index contributed by atoms with van der Waals surface area (Å²) in [5.41, 5.74) is 3.03. The van der Waals surface area contributed by atoms with Gasteiger partial charge in [-0.25, -0.2) is 9.18 Å². The standard InChI is InChI=1S/C19H20FNO3/c1-2-23-18(22)12-24-17-8-7-14(20)11-16(17)19-15-6-4-3-5-13(15)9-10-21-19/h3-8,11,19,21H,2,9-10,12H2,1H3/t19-/m0/s1. The molecule has 0 saturated carbocycles. The number of carbonyl (C=O) groups excluding carboxylic acids is 1. The average Bonchev–Trinajstić information content (AvgIpc) is 2.60. The number of fused-ring (bicyclic) bond motifs is 1. The lowest BCUT2D eigenvalue weighted by Gasteiger charge is -2.28. The Hall–Kier alpha value is -2.40. The molecule has 126 valence electrons. The summed E-state index contributed by atoms with van der Waals surface area (Å²) in [6.45, 7) is 2.65. The normalized spacial score (nSPS) is 16.3. The summed E-state index contributed by atoms with van der Waals surface area (Å²) in [6.07, 6.45) is 0.932. The van der Waals surface area contributed by atoms with Crippen LogP contribution < -0.4 is 10.1 Å². The molecule has 2 aromatic rings. The van der Waals surface area contributed by atoms with E-state index < -0.39 is 5.97 Å². The van der Waals surface area contributed by atoms with Crippen molar-refractivity contribution in [2.24, 2.45) is 0 Å². The number of ether oxygens (including phenoxy) is 2. The van der Waals surface area contributed by atoms with Crippen molar-refractivity contribution in [1.29, 1.82) is 0 Å². The summed E-state index contributed by atoms with van der Waals surface area (Å²) in [6, 6.07) is 12.3. The predicted octanol–water partition coefficient (Wildman–Crippen LogP) is 3.00. The van der Waals surface area contributed by atoms with Gasteiger partial charge < -0.3 is 14.8 Å². The fourth-order valence-electron chi connectivity index (χ4n) is 3.00. The Morgan fingerprint density at radius 1 is 1.25 bits per heavy atom. The minimum atomic E-state index is -0.440. The van der Waals surface area contributed by atoms with Crippen molar-refractivity contribution in [3.8, 4) is 5.75 Å². The van der Waals surface area contributed by atoms with Crippen molar-refractivity contribution >= 4 is 5.97 Å². The van der Waals surface area contributed by atoms with E-state index in [1.54, 1.807) is 13.0 Å². The van der Waals surface area contributed by atoms with Gasteiger partial charge in [0, 0.05) is 12.1 Å². The molecule has 0 radical (unpaired) electrons. The molecule has 0 aromatic heterocycles. The zero-order valence-corrected chi connectivity index (χ0v) is 13.5. The highest BCUT2D eigenvalue weighted by atomic mass is 19.1. The van der Waals surface area contributed by atoms with Crippen molar-refractivity contribution in [2.45, 2.75) is 19.4 Å². The maximum Gasteiger partial charge on any atom is 0.344 e. The van der Waals surface area contributed by atoms with Crippen LogP contribution >= 0.6 is 0 Å². The third-order valence-electron chi connectivity index (χ3n) is 4.04. The average molecular weight is 329 g/mol. The maximum absolute atomic E-state index is 13.8. The second kappa shape index (κ2) is 7.45. The summed E-state index contributed by atoms with van der Waals surface area (Å²) >= 11 is 0. The largest absolute Gasteiger partial charge is 0.482 e. The van der Waals surface area contributed by atoms with Crippen LogP contribution in [-0.4, -0.2) is 25.7 Å². The lowest BCUT2D eigenvalue weighted by molar-refractivity contribution is -0.145. The molecule has 1 heterocycles. The molecule has 4 nitrogen and oxygen atoms in total. The minimum Gasteiger partial charge on any atom is -0.482 e. The van der Waals surface area contributed by atoms with Gasteiger partial charge in [-0.3, -0.25) is 0 Å². The van der Waals surface area contributed by atoms with Gasteiger partial charge in [0.2, 0.25) is 0 Å². The molecule has 24 heavy (non-hydrogen) atoms. The number of nitrogens with one attached hydrogen (secondary N) is 1. The first-order chi connectivity index (χ1) is 11.7. The van der Waals surface area contributed by atoms with Crippen LogP contribution in [0.1, 0.15) is 29.7 Å². The molecular weight excluding hydrogens is 309 g/mol. The molecule has 1 aliphatic heterocycles. The molecule has 1 N–H and O–H groups in total. The maximum atomic E-state index is 13.8. The number of carbonyl (C=O) groups is 1. The second-order valence-electron chi connectivity index (χ2n) is 5.61. The number of hydrogen-bond acceptors (Lipinski definition) is 4. The summed E-state index contributed by atoms with van der Waals surface area (Å²) in [5.74, 6) is -0.290. The van der Waals surface area contributed by atoms with Crippen molar-refractivity contribution in [3.05, 3.63) is 65.0 Å². The van der Waals surface area contributed by atoms with Crippen LogP contribution in [0.2, 0.25) is 0 Å². The van der Waals surface area contributed by atoms with Crippen LogP contribution in [0.4, 0.5) is 4.39 Å². The Labute approximate surface area is 140 Å². The van der Waals surface area contributed by atoms with E-state index in [2.05, 4.69) is 11.4 Å². The molecule has 0 aliphatic carbocycles. The third-order valence-corrected chi connectivity index (χ3v) is 4.04. The Bertz CT molecular complexity index is 732. The van der Waals surface area contributed by atoms with E-state index in [0.717, 1.165) is 18.5 Å². The highest BCUT2D eigenvalue weighted by Gasteiger charge is 2.24. The summed E-state index contributed by atoms with van der Waals surface area (Å²) in [5, 5.41) is 3.41. The van der Waals surface area contributed by atoms with Gasteiger partial charge in [0.05, 0.1) is 12.6 Å². The van der Waals surface area contributed by atoms with Gasteiger partial charge in [-0.15, -0.1) is 0 Å². The molecule has 3 rings (SSSR count). The molecule has 0 amide bonds. The van der Waals surface area contributed by atoms with Crippen molar-refractivity contribution in [2.75, 3.05) is 19.8 Å². The van der Waals surface area contributed by atoms with Crippen LogP contribution in [0.25, 0.3) is 0 Å². The van der Waals surface area contributed by atoms with Gasteiger partial charge >= 0.3 is 5.97 Å². The fourth-order valence-corrected chi connectivity index (χ4v) is 3.00. The number of hydrogen-bond donors (Lipinski definition) is 1. The molecular formula is C19H20FNO3. The first-order valence-corrected chi connectivity index (χ1v) is 8.08. The topological polar surface area (TPSA) is 47.6 Å². The highest BCUT2D eigenvalue weighted by molar-refractivity contribution is 5.71. The van der Waals surface area contributed by atoms with Gasteiger partial charge in [0.15, 0.2) is 6.61 Å². The zero-order chi connectivity index (χ0) is 16.9. The Kier molecular flexibility index (Phi) is 5.11. The first-order valence-electron chi connectivity index (χ1n) is 8.08. The molecule has 0 spiro atoms. The smallest absolute Gasteiger partial charge is 0.344 e. The van der Waals surface area contributed by atoms with Crippen molar-refractivity contribution < 1.29 is 18.7 Å². The molecule has 5 heteroatoms. The van der Waals surface area contributed by atoms with Crippen LogP contribution in [0.3, 0.4) is 0 Å². The Morgan fingerprint density at radius 2 is 2.08 bits per heavy atom. The van der Waals surface area contributed by atoms with E-state index in [9.17, 15) is 9.18 Å². The number of benzene rings is 2. The van der Waals surface area contributed by atoms with E-state index in [-0.39, 0.29) is 18.5 Å². The lowest BCUT2D eigenvalue weighted by Crippen LogP contribution is -2.31. The third kappa shape index (κ3) is 3.57. The van der Waals surface area contributed by atoms with Gasteiger partial charge in [-0.05, 0) is 42.7 Å². The first kappa shape index (κ1) is 16.5. The molecule has 0 bridgehead atoms. The lowest BCUT2D eigenvalue weighted by atomic mass is 9.89. The van der Waals surface area contributed by atoms with E-state index in [1.807, 2.05) is 18.2 Å². The van der Waals surface area contributed by atoms with Crippen LogP contribution in [0, 0.1) is 5.82 Å². The van der Waals surface area contributed by atoms with Crippen LogP contribution in [0.5, 0.6) is 5.75 Å². The van der Waals surface area contributed by atoms with E-state index >= 15 is 0 Å². The quantitative estimate of drug-likeness (QED) is 0.857. The SMILES string of the molecule is CCOC(=O)COc1ccc(F)cc1[C@H]1NCCc2ccccc21. The molecule has 1 aliphatic rings. The molecule has 1 atom stereocenters. The van der Waals surface area contributed by atoms with E-state index in [1.165, 1.54) is 17.7 Å². The van der Waals surface area contributed by atoms with Crippen molar-refractivity contribution in [3.63, 3.8) is 0 Å².